The average molecular weight is 223 g/mol. The summed E-state index contributed by atoms with van der Waals surface area (Å²) < 4.78 is 0. The minimum absolute atomic E-state index is 0.348. The van der Waals surface area contributed by atoms with Gasteiger partial charge in [-0.1, -0.05) is 31.6 Å². The van der Waals surface area contributed by atoms with Gasteiger partial charge >= 0.3 is 0 Å². The summed E-state index contributed by atoms with van der Waals surface area (Å²) in [4.78, 5) is 6.85. The number of nitrogens with two attached hydrogens (primary N) is 1. The molecule has 0 aromatic carbocycles. The highest BCUT2D eigenvalue weighted by atomic mass is 32.1. The summed E-state index contributed by atoms with van der Waals surface area (Å²) in [7, 11) is 2.03. The van der Waals surface area contributed by atoms with E-state index in [1.807, 2.05) is 25.2 Å². The van der Waals surface area contributed by atoms with Crippen LogP contribution in [-0.4, -0.2) is 23.6 Å². The lowest BCUT2D eigenvalue weighted by Gasteiger charge is -2.18. The van der Waals surface area contributed by atoms with Crippen LogP contribution in [0.1, 0.15) is 25.5 Å². The van der Waals surface area contributed by atoms with E-state index < -0.39 is 0 Å². The molecule has 82 valence electrons. The fourth-order valence-electron chi connectivity index (χ4n) is 1.28. The lowest BCUT2D eigenvalue weighted by Crippen LogP contribution is -2.21. The maximum atomic E-state index is 5.53. The fraction of sp³-hybridized carbons (Fsp3) is 0.455. The van der Waals surface area contributed by atoms with E-state index in [4.69, 9.17) is 18.0 Å². The molecular weight excluding hydrogens is 206 g/mol. The third-order valence-electron chi connectivity index (χ3n) is 2.23. The Labute approximate surface area is 96.3 Å². The first kappa shape index (κ1) is 11.9. The van der Waals surface area contributed by atoms with Crippen LogP contribution in [0, 0.1) is 0 Å². The Morgan fingerprint density at radius 3 is 2.87 bits per heavy atom. The molecule has 1 aromatic heterocycles. The second-order valence-electron chi connectivity index (χ2n) is 3.52. The minimum atomic E-state index is 0.348. The van der Waals surface area contributed by atoms with Crippen molar-refractivity contribution in [2.45, 2.75) is 19.8 Å². The van der Waals surface area contributed by atoms with E-state index in [0.29, 0.717) is 10.7 Å². The molecular formula is C11H17N3S. The standard InChI is InChI=1S/C11H17N3S/c1-3-4-8-14(2)10-7-5-6-9(13-10)11(12)15/h5-7H,3-4,8H2,1-2H3,(H2,12,15). The highest BCUT2D eigenvalue weighted by Crippen LogP contribution is 2.10. The molecule has 4 heteroatoms. The van der Waals surface area contributed by atoms with E-state index in [1.54, 1.807) is 0 Å². The number of thiocarbonyl (C=S) groups is 1. The van der Waals surface area contributed by atoms with Crippen LogP contribution >= 0.6 is 12.2 Å². The molecule has 1 aromatic rings. The quantitative estimate of drug-likeness (QED) is 0.775. The predicted molar refractivity (Wildman–Crippen MR) is 68.3 cm³/mol. The van der Waals surface area contributed by atoms with Gasteiger partial charge in [-0.15, -0.1) is 0 Å². The van der Waals surface area contributed by atoms with Crippen molar-refractivity contribution < 1.29 is 0 Å². The average Bonchev–Trinajstić information content (AvgIpc) is 2.26. The van der Waals surface area contributed by atoms with E-state index >= 15 is 0 Å². The Balaban J connectivity index is 2.76. The van der Waals surface area contributed by atoms with Gasteiger partial charge in [-0.2, -0.15) is 0 Å². The van der Waals surface area contributed by atoms with E-state index in [2.05, 4.69) is 16.8 Å². The molecule has 0 aliphatic rings. The molecule has 2 N–H and O–H groups in total. The van der Waals surface area contributed by atoms with Crippen LogP contribution in [0.4, 0.5) is 5.82 Å². The van der Waals surface area contributed by atoms with Crippen LogP contribution in [0.25, 0.3) is 0 Å². The van der Waals surface area contributed by atoms with E-state index in [-0.39, 0.29) is 0 Å². The first-order chi connectivity index (χ1) is 7.15. The predicted octanol–water partition coefficient (Wildman–Crippen LogP) is 1.95. The molecule has 1 heterocycles. The highest BCUT2D eigenvalue weighted by Gasteiger charge is 2.04. The molecule has 0 unspecified atom stereocenters. The topological polar surface area (TPSA) is 42.1 Å². The maximum absolute atomic E-state index is 5.53. The lowest BCUT2D eigenvalue weighted by molar-refractivity contribution is 0.759. The number of hydrogen-bond donors (Lipinski definition) is 1. The summed E-state index contributed by atoms with van der Waals surface area (Å²) in [6, 6.07) is 5.73. The monoisotopic (exact) mass is 223 g/mol. The summed E-state index contributed by atoms with van der Waals surface area (Å²) in [5.41, 5.74) is 6.22. The zero-order valence-electron chi connectivity index (χ0n) is 9.23. The molecule has 0 aliphatic carbocycles. The van der Waals surface area contributed by atoms with Crippen LogP contribution in [-0.2, 0) is 0 Å². The van der Waals surface area contributed by atoms with Gasteiger partial charge in [0.25, 0.3) is 0 Å². The molecule has 0 atom stereocenters. The molecule has 0 spiro atoms. The number of unbranched alkanes of at least 4 members (excludes halogenated alkanes) is 1. The summed E-state index contributed by atoms with van der Waals surface area (Å²) in [5, 5.41) is 0. The van der Waals surface area contributed by atoms with Crippen molar-refractivity contribution in [3.05, 3.63) is 23.9 Å². The van der Waals surface area contributed by atoms with Crippen LogP contribution in [0.5, 0.6) is 0 Å². The van der Waals surface area contributed by atoms with Gasteiger partial charge in [0, 0.05) is 13.6 Å². The Morgan fingerprint density at radius 1 is 1.53 bits per heavy atom. The van der Waals surface area contributed by atoms with E-state index in [0.717, 1.165) is 18.8 Å². The van der Waals surface area contributed by atoms with Gasteiger partial charge in [0.15, 0.2) is 0 Å². The minimum Gasteiger partial charge on any atom is -0.388 e. The molecule has 3 nitrogen and oxygen atoms in total. The molecule has 0 bridgehead atoms. The second kappa shape index (κ2) is 5.66. The van der Waals surface area contributed by atoms with Crippen molar-refractivity contribution in [1.82, 2.24) is 4.98 Å². The number of pyridine rings is 1. The third-order valence-corrected chi connectivity index (χ3v) is 2.43. The van der Waals surface area contributed by atoms with Gasteiger partial charge < -0.3 is 10.6 Å². The summed E-state index contributed by atoms with van der Waals surface area (Å²) in [6.45, 7) is 3.18. The van der Waals surface area contributed by atoms with Crippen LogP contribution in [0.2, 0.25) is 0 Å². The molecule has 0 saturated heterocycles. The fourth-order valence-corrected chi connectivity index (χ4v) is 1.40. The SMILES string of the molecule is CCCCN(C)c1cccc(C(N)=S)n1. The van der Waals surface area contributed by atoms with E-state index in [1.165, 1.54) is 6.42 Å². The molecule has 15 heavy (non-hydrogen) atoms. The number of rotatable bonds is 5. The third kappa shape index (κ3) is 3.47. The number of nitrogens with zero attached hydrogens (tertiary/aromatic N) is 2. The molecule has 0 amide bonds. The van der Waals surface area contributed by atoms with Crippen molar-refractivity contribution in [2.24, 2.45) is 5.73 Å². The van der Waals surface area contributed by atoms with Crippen molar-refractivity contribution in [3.8, 4) is 0 Å². The van der Waals surface area contributed by atoms with Gasteiger partial charge in [0.1, 0.15) is 10.8 Å². The largest absolute Gasteiger partial charge is 0.388 e. The zero-order valence-corrected chi connectivity index (χ0v) is 10.0. The summed E-state index contributed by atoms with van der Waals surface area (Å²) in [5.74, 6) is 0.925. The van der Waals surface area contributed by atoms with Crippen LogP contribution < -0.4 is 10.6 Å². The Morgan fingerprint density at radius 2 is 2.27 bits per heavy atom. The molecule has 1 rings (SSSR count). The smallest absolute Gasteiger partial charge is 0.129 e. The number of anilines is 1. The van der Waals surface area contributed by atoms with Crippen LogP contribution in [0.3, 0.4) is 0 Å². The van der Waals surface area contributed by atoms with Crippen molar-refractivity contribution in [3.63, 3.8) is 0 Å². The number of aromatic nitrogens is 1. The van der Waals surface area contributed by atoms with Gasteiger partial charge in [-0.3, -0.25) is 0 Å². The second-order valence-corrected chi connectivity index (χ2v) is 3.96. The Bertz CT molecular complexity index is 338. The maximum Gasteiger partial charge on any atom is 0.129 e. The van der Waals surface area contributed by atoms with Crippen molar-refractivity contribution in [2.75, 3.05) is 18.5 Å². The van der Waals surface area contributed by atoms with Gasteiger partial charge in [-0.25, -0.2) is 4.98 Å². The molecule has 0 saturated carbocycles. The van der Waals surface area contributed by atoms with Gasteiger partial charge in [0.2, 0.25) is 0 Å². The Hall–Kier alpha value is -1.16. The molecule has 0 aliphatic heterocycles. The van der Waals surface area contributed by atoms with E-state index in [9.17, 15) is 0 Å². The van der Waals surface area contributed by atoms with Gasteiger partial charge in [0.05, 0.1) is 5.69 Å². The van der Waals surface area contributed by atoms with Crippen LogP contribution in [0.15, 0.2) is 18.2 Å². The van der Waals surface area contributed by atoms with Crippen molar-refractivity contribution >= 4 is 23.0 Å². The highest BCUT2D eigenvalue weighted by molar-refractivity contribution is 7.80. The van der Waals surface area contributed by atoms with Gasteiger partial charge in [-0.05, 0) is 18.6 Å². The zero-order chi connectivity index (χ0) is 11.3. The van der Waals surface area contributed by atoms with Crippen molar-refractivity contribution in [1.29, 1.82) is 0 Å². The first-order valence-corrected chi connectivity index (χ1v) is 5.54. The molecule has 0 radical (unpaired) electrons. The Kier molecular flexibility index (Phi) is 4.49. The lowest BCUT2D eigenvalue weighted by atomic mass is 10.3. The summed E-state index contributed by atoms with van der Waals surface area (Å²) >= 11 is 4.89. The number of hydrogen-bond acceptors (Lipinski definition) is 3. The normalized spacial score (nSPS) is 10.0. The summed E-state index contributed by atoms with van der Waals surface area (Å²) in [6.07, 6.45) is 2.34. The molecule has 0 fully saturated rings. The first-order valence-electron chi connectivity index (χ1n) is 5.13.